The highest BCUT2D eigenvalue weighted by atomic mass is 16.1. The molecule has 150 valence electrons. The number of aryl methyl sites for hydroxylation is 1. The number of aromatic nitrogens is 4. The molecule has 4 rings (SSSR count). The van der Waals surface area contributed by atoms with E-state index in [1.54, 1.807) is 0 Å². The first-order valence-corrected chi connectivity index (χ1v) is 10.1. The minimum Gasteiger partial charge on any atom is -0.369 e. The van der Waals surface area contributed by atoms with Crippen molar-refractivity contribution in [2.45, 2.75) is 32.4 Å². The van der Waals surface area contributed by atoms with Crippen molar-refractivity contribution in [1.29, 1.82) is 0 Å². The molecule has 2 aromatic carbocycles. The number of primary amides is 1. The number of likely N-dealkylation sites (tertiary alicyclic amines) is 1. The number of amides is 1. The van der Waals surface area contributed by atoms with Crippen LogP contribution >= 0.6 is 0 Å². The predicted molar refractivity (Wildman–Crippen MR) is 109 cm³/mol. The van der Waals surface area contributed by atoms with Crippen molar-refractivity contribution < 1.29 is 9.69 Å². The first-order chi connectivity index (χ1) is 14.1. The standard InChI is InChI=1S/C22H26N6O/c1-16-7-9-18(10-8-16)20(27-13-11-19(12-14-27)21(23)29)22-24-25-26-28(22)15-17-5-3-2-4-6-17/h2-10,19-20H,11-15H2,1H3,(H2,23,29)/p+1/t20-/m1/s1. The molecule has 0 saturated carbocycles. The van der Waals surface area contributed by atoms with Crippen molar-refractivity contribution in [3.63, 3.8) is 0 Å². The molecule has 0 aliphatic carbocycles. The highest BCUT2D eigenvalue weighted by Gasteiger charge is 2.35. The Hall–Kier alpha value is -3.06. The maximum Gasteiger partial charge on any atom is 0.220 e. The number of piperidine rings is 1. The van der Waals surface area contributed by atoms with Crippen molar-refractivity contribution in [3.05, 3.63) is 77.1 Å². The van der Waals surface area contributed by atoms with Gasteiger partial charge in [-0.25, -0.2) is 4.68 Å². The number of hydrogen-bond acceptors (Lipinski definition) is 4. The summed E-state index contributed by atoms with van der Waals surface area (Å²) in [4.78, 5) is 13.0. The monoisotopic (exact) mass is 391 g/mol. The molecule has 2 heterocycles. The van der Waals surface area contributed by atoms with Gasteiger partial charge in [0.15, 0.2) is 6.04 Å². The maximum atomic E-state index is 11.6. The van der Waals surface area contributed by atoms with Crippen LogP contribution in [0, 0.1) is 12.8 Å². The summed E-state index contributed by atoms with van der Waals surface area (Å²) in [7, 11) is 0. The second-order valence-corrected chi connectivity index (χ2v) is 7.86. The molecular weight excluding hydrogens is 364 g/mol. The highest BCUT2D eigenvalue weighted by Crippen LogP contribution is 2.20. The number of nitrogens with two attached hydrogens (primary N) is 1. The van der Waals surface area contributed by atoms with Crippen LogP contribution in [0.4, 0.5) is 0 Å². The third-order valence-corrected chi connectivity index (χ3v) is 5.84. The summed E-state index contributed by atoms with van der Waals surface area (Å²) in [5, 5.41) is 12.7. The van der Waals surface area contributed by atoms with Crippen molar-refractivity contribution in [3.8, 4) is 0 Å². The summed E-state index contributed by atoms with van der Waals surface area (Å²) in [6.45, 7) is 4.45. The van der Waals surface area contributed by atoms with E-state index in [4.69, 9.17) is 5.73 Å². The molecule has 7 heteroatoms. The number of tetrazole rings is 1. The Labute approximate surface area is 170 Å². The molecule has 3 N–H and O–H groups in total. The number of rotatable bonds is 6. The van der Waals surface area contributed by atoms with E-state index in [0.29, 0.717) is 6.54 Å². The van der Waals surface area contributed by atoms with Crippen LogP contribution in [0.3, 0.4) is 0 Å². The topological polar surface area (TPSA) is 91.1 Å². The van der Waals surface area contributed by atoms with Crippen LogP contribution in [0.15, 0.2) is 54.6 Å². The predicted octanol–water partition coefficient (Wildman–Crippen LogP) is 0.899. The van der Waals surface area contributed by atoms with Crippen LogP contribution < -0.4 is 10.6 Å². The molecule has 0 unspecified atom stereocenters. The van der Waals surface area contributed by atoms with Gasteiger partial charge >= 0.3 is 0 Å². The van der Waals surface area contributed by atoms with Crippen LogP contribution in [0.5, 0.6) is 0 Å². The van der Waals surface area contributed by atoms with E-state index in [9.17, 15) is 4.79 Å². The van der Waals surface area contributed by atoms with E-state index in [2.05, 4.69) is 58.8 Å². The maximum absolute atomic E-state index is 11.6. The molecule has 0 bridgehead atoms. The average Bonchev–Trinajstić information content (AvgIpc) is 3.18. The molecule has 1 amide bonds. The van der Waals surface area contributed by atoms with E-state index < -0.39 is 0 Å². The summed E-state index contributed by atoms with van der Waals surface area (Å²) in [6.07, 6.45) is 1.60. The normalized spacial score (nSPS) is 20.3. The summed E-state index contributed by atoms with van der Waals surface area (Å²) in [6, 6.07) is 18.8. The van der Waals surface area contributed by atoms with Gasteiger partial charge in [-0.05, 0) is 22.9 Å². The summed E-state index contributed by atoms with van der Waals surface area (Å²) >= 11 is 0. The number of nitrogens with one attached hydrogen (secondary N) is 1. The van der Waals surface area contributed by atoms with Gasteiger partial charge < -0.3 is 10.6 Å². The Balaban J connectivity index is 1.66. The van der Waals surface area contributed by atoms with Crippen LogP contribution in [0.1, 0.15) is 41.4 Å². The Bertz CT molecular complexity index is 945. The number of nitrogens with zero attached hydrogens (tertiary/aromatic N) is 4. The zero-order valence-electron chi connectivity index (χ0n) is 16.7. The Morgan fingerprint density at radius 3 is 2.48 bits per heavy atom. The zero-order valence-corrected chi connectivity index (χ0v) is 16.7. The SMILES string of the molecule is Cc1ccc([C@H](c2nnnn2Cc2ccccc2)[NH+]2CCC(C(N)=O)CC2)cc1. The van der Waals surface area contributed by atoms with E-state index >= 15 is 0 Å². The molecule has 7 nitrogen and oxygen atoms in total. The van der Waals surface area contributed by atoms with Gasteiger partial charge in [0.1, 0.15) is 0 Å². The lowest BCUT2D eigenvalue weighted by atomic mass is 9.93. The molecular formula is C22H27N6O+. The largest absolute Gasteiger partial charge is 0.369 e. The zero-order chi connectivity index (χ0) is 20.2. The number of carbonyl (C=O) groups excluding carboxylic acids is 1. The Morgan fingerprint density at radius 2 is 1.83 bits per heavy atom. The summed E-state index contributed by atoms with van der Waals surface area (Å²) < 4.78 is 1.90. The fourth-order valence-electron chi connectivity index (χ4n) is 4.18. The molecule has 1 fully saturated rings. The quantitative estimate of drug-likeness (QED) is 0.653. The van der Waals surface area contributed by atoms with Crippen LogP contribution in [0.2, 0.25) is 0 Å². The second kappa shape index (κ2) is 8.53. The molecule has 29 heavy (non-hydrogen) atoms. The van der Waals surface area contributed by atoms with Gasteiger partial charge in [0.2, 0.25) is 11.7 Å². The fraction of sp³-hybridized carbons (Fsp3) is 0.364. The molecule has 1 saturated heterocycles. The van der Waals surface area contributed by atoms with Crippen molar-refractivity contribution in [2.24, 2.45) is 11.7 Å². The van der Waals surface area contributed by atoms with E-state index in [1.165, 1.54) is 16.0 Å². The lowest BCUT2D eigenvalue weighted by Crippen LogP contribution is -3.13. The third kappa shape index (κ3) is 4.35. The average molecular weight is 391 g/mol. The number of carbonyl (C=O) groups is 1. The molecule has 0 radical (unpaired) electrons. The molecule has 1 atom stereocenters. The lowest BCUT2D eigenvalue weighted by molar-refractivity contribution is -0.931. The lowest BCUT2D eigenvalue weighted by Gasteiger charge is -2.33. The second-order valence-electron chi connectivity index (χ2n) is 7.86. The molecule has 1 aliphatic heterocycles. The van der Waals surface area contributed by atoms with Gasteiger partial charge in [0.05, 0.1) is 19.6 Å². The van der Waals surface area contributed by atoms with E-state index in [1.807, 2.05) is 22.9 Å². The highest BCUT2D eigenvalue weighted by molar-refractivity contribution is 5.76. The Kier molecular flexibility index (Phi) is 5.67. The van der Waals surface area contributed by atoms with Crippen molar-refractivity contribution >= 4 is 5.91 Å². The minimum atomic E-state index is -0.190. The van der Waals surface area contributed by atoms with Gasteiger partial charge in [0, 0.05) is 24.3 Å². The van der Waals surface area contributed by atoms with E-state index in [0.717, 1.165) is 37.3 Å². The first-order valence-electron chi connectivity index (χ1n) is 10.1. The molecule has 1 aliphatic rings. The van der Waals surface area contributed by atoms with Gasteiger partial charge in [-0.15, -0.1) is 5.10 Å². The van der Waals surface area contributed by atoms with Gasteiger partial charge in [-0.2, -0.15) is 0 Å². The molecule has 0 spiro atoms. The summed E-state index contributed by atoms with van der Waals surface area (Å²) in [5.74, 6) is 0.632. The van der Waals surface area contributed by atoms with Crippen LogP contribution in [-0.2, 0) is 11.3 Å². The van der Waals surface area contributed by atoms with Crippen molar-refractivity contribution in [2.75, 3.05) is 13.1 Å². The molecule has 1 aromatic heterocycles. The van der Waals surface area contributed by atoms with Crippen LogP contribution in [-0.4, -0.2) is 39.2 Å². The van der Waals surface area contributed by atoms with Crippen molar-refractivity contribution in [1.82, 2.24) is 20.2 Å². The summed E-state index contributed by atoms with van der Waals surface area (Å²) in [5.41, 5.74) is 9.10. The van der Waals surface area contributed by atoms with Gasteiger partial charge in [0.25, 0.3) is 0 Å². The minimum absolute atomic E-state index is 0.0168. The molecule has 3 aromatic rings. The van der Waals surface area contributed by atoms with Gasteiger partial charge in [-0.1, -0.05) is 60.2 Å². The van der Waals surface area contributed by atoms with Gasteiger partial charge in [-0.3, -0.25) is 4.79 Å². The number of quaternary nitrogens is 1. The fourth-order valence-corrected chi connectivity index (χ4v) is 4.18. The number of benzene rings is 2. The number of hydrogen-bond donors (Lipinski definition) is 2. The smallest absolute Gasteiger partial charge is 0.220 e. The van der Waals surface area contributed by atoms with Crippen LogP contribution in [0.25, 0.3) is 0 Å². The third-order valence-electron chi connectivity index (χ3n) is 5.84. The Morgan fingerprint density at radius 1 is 1.14 bits per heavy atom. The first kappa shape index (κ1) is 19.3. The van der Waals surface area contributed by atoms with E-state index in [-0.39, 0.29) is 17.9 Å².